The molecule has 1 aromatic rings. The molecule has 124 valence electrons. The molecule has 1 saturated heterocycles. The third kappa shape index (κ3) is 3.19. The van der Waals surface area contributed by atoms with Crippen LogP contribution in [0.3, 0.4) is 0 Å². The standard InChI is InChI=1S/C12H19F2N3O4Si/c1-22(2,3)16-8-4-5-17(11(20)15-8)10-12(13,14)9(19)7(6-18)21-10/h4-5,7,9-10,18-19H,6H2,1-3H3,(H,15,16,20)/t7-,9-,10-/m1/s1. The molecule has 22 heavy (non-hydrogen) atoms. The van der Waals surface area contributed by atoms with E-state index in [1.807, 2.05) is 19.6 Å². The van der Waals surface area contributed by atoms with Crippen molar-refractivity contribution in [1.82, 2.24) is 9.55 Å². The molecule has 0 radical (unpaired) electrons. The normalized spacial score (nSPS) is 27.9. The largest absolute Gasteiger partial charge is 0.396 e. The first kappa shape index (κ1) is 17.0. The molecule has 0 spiro atoms. The predicted octanol–water partition coefficient (Wildman–Crippen LogP) is 0.376. The maximum Gasteiger partial charge on any atom is 0.351 e. The first-order valence-electron chi connectivity index (χ1n) is 6.76. The molecule has 3 N–H and O–H groups in total. The Morgan fingerprint density at radius 2 is 2.14 bits per heavy atom. The fourth-order valence-corrected chi connectivity index (χ4v) is 3.07. The summed E-state index contributed by atoms with van der Waals surface area (Å²) in [6.07, 6.45) is -4.50. The van der Waals surface area contributed by atoms with Crippen LogP contribution in [-0.2, 0) is 4.74 Å². The minimum absolute atomic E-state index is 0.306. The fourth-order valence-electron chi connectivity index (χ4n) is 2.16. The maximum absolute atomic E-state index is 14.0. The van der Waals surface area contributed by atoms with Crippen LogP contribution in [0.25, 0.3) is 0 Å². The molecule has 0 amide bonds. The SMILES string of the molecule is C[Si](C)(C)Nc1ccn([C@@H]2O[C@H](CO)[C@@H](O)C2(F)F)c(=O)n1. The summed E-state index contributed by atoms with van der Waals surface area (Å²) in [5.41, 5.74) is -0.918. The van der Waals surface area contributed by atoms with E-state index >= 15 is 0 Å². The smallest absolute Gasteiger partial charge is 0.351 e. The fraction of sp³-hybridized carbons (Fsp3) is 0.667. The Balaban J connectivity index is 2.32. The highest BCUT2D eigenvalue weighted by Gasteiger charge is 2.59. The molecular formula is C12H19F2N3O4Si. The number of rotatable bonds is 4. The summed E-state index contributed by atoms with van der Waals surface area (Å²) in [7, 11) is -1.74. The van der Waals surface area contributed by atoms with Crippen molar-refractivity contribution in [1.29, 1.82) is 0 Å². The monoisotopic (exact) mass is 335 g/mol. The number of halogens is 2. The van der Waals surface area contributed by atoms with Gasteiger partial charge in [-0.05, 0) is 6.07 Å². The van der Waals surface area contributed by atoms with E-state index in [4.69, 9.17) is 9.84 Å². The number of nitrogens with zero attached hydrogens (tertiary/aromatic N) is 2. The third-order valence-electron chi connectivity index (χ3n) is 3.15. The van der Waals surface area contributed by atoms with E-state index in [0.717, 1.165) is 6.20 Å². The summed E-state index contributed by atoms with van der Waals surface area (Å²) < 4.78 is 33.5. The third-order valence-corrected chi connectivity index (χ3v) is 4.15. The molecule has 0 bridgehead atoms. The van der Waals surface area contributed by atoms with E-state index in [1.165, 1.54) is 6.07 Å². The van der Waals surface area contributed by atoms with E-state index in [9.17, 15) is 18.7 Å². The van der Waals surface area contributed by atoms with Crippen molar-refractivity contribution >= 4 is 14.1 Å². The molecule has 1 aliphatic heterocycles. The van der Waals surface area contributed by atoms with Gasteiger partial charge in [0.15, 0.2) is 6.10 Å². The zero-order valence-corrected chi connectivity index (χ0v) is 13.5. The van der Waals surface area contributed by atoms with Crippen molar-refractivity contribution in [3.63, 3.8) is 0 Å². The van der Waals surface area contributed by atoms with E-state index in [1.54, 1.807) is 0 Å². The van der Waals surface area contributed by atoms with E-state index < -0.39 is 44.9 Å². The first-order valence-corrected chi connectivity index (χ1v) is 10.3. The highest BCUT2D eigenvalue weighted by molar-refractivity contribution is 6.79. The molecular weight excluding hydrogens is 316 g/mol. The lowest BCUT2D eigenvalue weighted by molar-refractivity contribution is -0.140. The summed E-state index contributed by atoms with van der Waals surface area (Å²) in [6.45, 7) is 5.22. The van der Waals surface area contributed by atoms with Gasteiger partial charge in [-0.25, -0.2) is 4.79 Å². The number of aromatic nitrogens is 2. The van der Waals surface area contributed by atoms with Crippen molar-refractivity contribution in [3.05, 3.63) is 22.7 Å². The summed E-state index contributed by atoms with van der Waals surface area (Å²) in [5.74, 6) is -3.40. The lowest BCUT2D eigenvalue weighted by Gasteiger charge is -2.22. The minimum Gasteiger partial charge on any atom is -0.396 e. The number of hydrogen-bond acceptors (Lipinski definition) is 6. The van der Waals surface area contributed by atoms with Crippen LogP contribution in [0.1, 0.15) is 6.23 Å². The number of alkyl halides is 2. The summed E-state index contributed by atoms with van der Waals surface area (Å²) in [5, 5.41) is 18.4. The van der Waals surface area contributed by atoms with Gasteiger partial charge < -0.3 is 19.9 Å². The van der Waals surface area contributed by atoms with Crippen molar-refractivity contribution in [2.45, 2.75) is 44.0 Å². The summed E-state index contributed by atoms with van der Waals surface area (Å²) in [6, 6.07) is 1.40. The zero-order valence-electron chi connectivity index (χ0n) is 12.5. The van der Waals surface area contributed by atoms with Gasteiger partial charge in [-0.15, -0.1) is 0 Å². The van der Waals surface area contributed by atoms with E-state index in [2.05, 4.69) is 9.97 Å². The van der Waals surface area contributed by atoms with Crippen LogP contribution in [0.4, 0.5) is 14.6 Å². The number of ether oxygens (including phenoxy) is 1. The predicted molar refractivity (Wildman–Crippen MR) is 77.4 cm³/mol. The molecule has 1 aromatic heterocycles. The van der Waals surface area contributed by atoms with Crippen LogP contribution < -0.4 is 10.7 Å². The molecule has 7 nitrogen and oxygen atoms in total. The Bertz CT molecular complexity index is 605. The highest BCUT2D eigenvalue weighted by Crippen LogP contribution is 2.41. The van der Waals surface area contributed by atoms with Crippen LogP contribution in [-0.4, -0.2) is 52.7 Å². The molecule has 0 aromatic carbocycles. The van der Waals surface area contributed by atoms with Gasteiger partial charge in [0, 0.05) is 6.20 Å². The van der Waals surface area contributed by atoms with Crippen LogP contribution in [0.15, 0.2) is 17.1 Å². The molecule has 3 atom stereocenters. The number of anilines is 1. The van der Waals surface area contributed by atoms with Gasteiger partial charge in [-0.3, -0.25) is 4.57 Å². The highest BCUT2D eigenvalue weighted by atomic mass is 28.3. The lowest BCUT2D eigenvalue weighted by Crippen LogP contribution is -2.42. The van der Waals surface area contributed by atoms with E-state index in [-0.39, 0.29) is 0 Å². The summed E-state index contributed by atoms with van der Waals surface area (Å²) in [4.78, 5) is 18.8. The summed E-state index contributed by atoms with van der Waals surface area (Å²) >= 11 is 0. The molecule has 10 heteroatoms. The Kier molecular flexibility index (Phi) is 4.39. The van der Waals surface area contributed by atoms with Gasteiger partial charge in [-0.1, -0.05) is 19.6 Å². The van der Waals surface area contributed by atoms with Gasteiger partial charge >= 0.3 is 11.6 Å². The molecule has 2 heterocycles. The van der Waals surface area contributed by atoms with Crippen molar-refractivity contribution < 1.29 is 23.7 Å². The Labute approximate surface area is 126 Å². The molecule has 2 rings (SSSR count). The quantitative estimate of drug-likeness (QED) is 0.688. The number of aliphatic hydroxyl groups is 2. The second-order valence-electron chi connectivity index (χ2n) is 6.21. The van der Waals surface area contributed by atoms with Crippen molar-refractivity contribution in [3.8, 4) is 0 Å². The van der Waals surface area contributed by atoms with E-state index in [0.29, 0.717) is 10.4 Å². The van der Waals surface area contributed by atoms with Gasteiger partial charge in [-0.2, -0.15) is 13.8 Å². The molecule has 0 unspecified atom stereocenters. The van der Waals surface area contributed by atoms with Crippen LogP contribution >= 0.6 is 0 Å². The Morgan fingerprint density at radius 3 is 2.59 bits per heavy atom. The van der Waals surface area contributed by atoms with Crippen LogP contribution in [0, 0.1) is 0 Å². The Morgan fingerprint density at radius 1 is 1.50 bits per heavy atom. The minimum atomic E-state index is -3.70. The topological polar surface area (TPSA) is 96.6 Å². The van der Waals surface area contributed by atoms with Gasteiger partial charge in [0.25, 0.3) is 0 Å². The molecule has 0 saturated carbocycles. The zero-order chi connectivity index (χ0) is 16.7. The number of nitrogens with one attached hydrogen (secondary N) is 1. The van der Waals surface area contributed by atoms with Crippen molar-refractivity contribution in [2.24, 2.45) is 0 Å². The van der Waals surface area contributed by atoms with Gasteiger partial charge in [0.1, 0.15) is 20.2 Å². The Hall–Kier alpha value is -1.36. The molecule has 1 aliphatic rings. The second kappa shape index (κ2) is 5.69. The second-order valence-corrected chi connectivity index (χ2v) is 11.0. The van der Waals surface area contributed by atoms with Crippen LogP contribution in [0.5, 0.6) is 0 Å². The average Bonchev–Trinajstić information content (AvgIpc) is 2.60. The maximum atomic E-state index is 14.0. The van der Waals surface area contributed by atoms with Crippen molar-refractivity contribution in [2.75, 3.05) is 11.6 Å². The van der Waals surface area contributed by atoms with Gasteiger partial charge in [0.05, 0.1) is 6.61 Å². The molecule has 0 aliphatic carbocycles. The van der Waals surface area contributed by atoms with Gasteiger partial charge in [0.2, 0.25) is 6.23 Å². The number of aliphatic hydroxyl groups excluding tert-OH is 2. The lowest BCUT2D eigenvalue weighted by atomic mass is 10.1. The number of hydrogen-bond donors (Lipinski definition) is 3. The average molecular weight is 335 g/mol. The van der Waals surface area contributed by atoms with Crippen LogP contribution in [0.2, 0.25) is 19.6 Å². The first-order chi connectivity index (χ1) is 10.1. The molecule has 1 fully saturated rings.